The number of nitrogens with two attached hydrogens (primary N) is 1. The van der Waals surface area contributed by atoms with Gasteiger partial charge in [0.15, 0.2) is 0 Å². The average Bonchev–Trinajstić information content (AvgIpc) is 3.40. The number of nitrogens with zero attached hydrogens (tertiary/aromatic N) is 7. The number of fused-ring (bicyclic) bond motifs is 1. The molecule has 2 atom stereocenters. The van der Waals surface area contributed by atoms with Crippen LogP contribution in [0.2, 0.25) is 0 Å². The minimum Gasteiger partial charge on any atom is -0.462 e. The summed E-state index contributed by atoms with van der Waals surface area (Å²) in [4.78, 5) is 28.2. The second-order valence-corrected chi connectivity index (χ2v) is 10.7. The minimum atomic E-state index is -0.328. The van der Waals surface area contributed by atoms with E-state index in [2.05, 4.69) is 35.6 Å². The van der Waals surface area contributed by atoms with Crippen molar-refractivity contribution in [1.29, 1.82) is 10.5 Å². The Morgan fingerprint density at radius 2 is 2.00 bits per heavy atom. The number of rotatable bonds is 7. The fraction of sp³-hybridized carbons (Fsp3) is 0.387. The first-order valence-corrected chi connectivity index (χ1v) is 13.8. The second-order valence-electron chi connectivity index (χ2n) is 10.7. The summed E-state index contributed by atoms with van der Waals surface area (Å²) in [5.41, 5.74) is 10.4. The third kappa shape index (κ3) is 5.65. The van der Waals surface area contributed by atoms with Gasteiger partial charge in [0.05, 0.1) is 35.7 Å². The minimum absolute atomic E-state index is 0.179. The van der Waals surface area contributed by atoms with Crippen LogP contribution in [0.15, 0.2) is 43.0 Å². The Morgan fingerprint density at radius 3 is 2.71 bits per heavy atom. The van der Waals surface area contributed by atoms with Gasteiger partial charge in [-0.05, 0) is 74.8 Å². The molecule has 5 rings (SSSR count). The third-order valence-electron chi connectivity index (χ3n) is 8.11. The molecule has 10 nitrogen and oxygen atoms in total. The van der Waals surface area contributed by atoms with Gasteiger partial charge in [-0.2, -0.15) is 20.5 Å². The van der Waals surface area contributed by atoms with E-state index >= 15 is 0 Å². The third-order valence-corrected chi connectivity index (χ3v) is 8.11. The topological polar surface area (TPSA) is 135 Å². The molecular weight excluding hydrogens is 516 g/mol. The molecule has 0 aliphatic carbocycles. The molecule has 2 saturated heterocycles. The van der Waals surface area contributed by atoms with Gasteiger partial charge < -0.3 is 25.2 Å². The Balaban J connectivity index is 1.61. The number of nitriles is 2. The van der Waals surface area contributed by atoms with E-state index in [0.29, 0.717) is 54.2 Å². The maximum atomic E-state index is 12.5. The van der Waals surface area contributed by atoms with Gasteiger partial charge >= 0.3 is 6.01 Å². The number of anilines is 2. The number of aryl methyl sites for hydroxylation is 1. The molecule has 2 N–H and O–H groups in total. The number of carbonyl (C=O) groups excluding carboxylic acids is 1. The van der Waals surface area contributed by atoms with Gasteiger partial charge in [-0.25, -0.2) is 0 Å². The Morgan fingerprint density at radius 1 is 1.17 bits per heavy atom. The van der Waals surface area contributed by atoms with Crippen LogP contribution in [0.1, 0.15) is 30.4 Å². The quantitative estimate of drug-likeness (QED) is 0.345. The monoisotopic (exact) mass is 550 g/mol. The van der Waals surface area contributed by atoms with Crippen LogP contribution in [0, 0.1) is 29.6 Å². The number of ether oxygens (including phenoxy) is 1. The van der Waals surface area contributed by atoms with Crippen LogP contribution in [-0.2, 0) is 4.79 Å². The van der Waals surface area contributed by atoms with Crippen molar-refractivity contribution in [3.63, 3.8) is 0 Å². The SMILES string of the molecule is C=CC(=O)N1CCN(c2nc(OC[C@@H]3CCCN3C)nc3cc(-c4cc(N)ccc4C)c(C#N)cc23)C[C@@H]1CC#N. The van der Waals surface area contributed by atoms with E-state index in [0.717, 1.165) is 36.1 Å². The van der Waals surface area contributed by atoms with Crippen molar-refractivity contribution in [3.05, 3.63) is 54.1 Å². The van der Waals surface area contributed by atoms with Gasteiger partial charge in [0.1, 0.15) is 12.4 Å². The number of benzene rings is 2. The maximum absolute atomic E-state index is 12.5. The van der Waals surface area contributed by atoms with Gasteiger partial charge in [-0.3, -0.25) is 4.79 Å². The summed E-state index contributed by atoms with van der Waals surface area (Å²) in [6.45, 7) is 8.42. The van der Waals surface area contributed by atoms with Crippen molar-refractivity contribution in [1.82, 2.24) is 19.8 Å². The van der Waals surface area contributed by atoms with Crippen LogP contribution < -0.4 is 15.4 Å². The first-order valence-electron chi connectivity index (χ1n) is 13.8. The first kappa shape index (κ1) is 27.9. The predicted molar refractivity (Wildman–Crippen MR) is 158 cm³/mol. The Bertz CT molecular complexity index is 1570. The van der Waals surface area contributed by atoms with E-state index in [9.17, 15) is 15.3 Å². The number of hydrogen-bond donors (Lipinski definition) is 1. The molecule has 10 heteroatoms. The lowest BCUT2D eigenvalue weighted by Gasteiger charge is -2.41. The van der Waals surface area contributed by atoms with E-state index in [4.69, 9.17) is 20.4 Å². The lowest BCUT2D eigenvalue weighted by Crippen LogP contribution is -2.55. The van der Waals surface area contributed by atoms with Crippen LogP contribution in [0.4, 0.5) is 11.5 Å². The Labute approximate surface area is 240 Å². The molecule has 2 aromatic carbocycles. The summed E-state index contributed by atoms with van der Waals surface area (Å²) in [6.07, 6.45) is 3.64. The van der Waals surface area contributed by atoms with E-state index in [1.54, 1.807) is 4.90 Å². The van der Waals surface area contributed by atoms with Crippen molar-refractivity contribution in [2.45, 2.75) is 38.3 Å². The second kappa shape index (κ2) is 11.8. The molecule has 1 amide bonds. The first-order chi connectivity index (χ1) is 19.8. The standard InChI is InChI=1S/C31H34N8O2/c1-4-29(40)39-13-12-38(18-23(39)9-10-32)30-27-14-21(17-33)26(25-15-22(34)8-7-20(25)2)16-28(27)35-31(36-30)41-19-24-6-5-11-37(24)3/h4,7-8,14-16,23-24H,1,5-6,9,11-13,18-19,34H2,2-3H3/t23-,24-/m0/s1. The van der Waals surface area contributed by atoms with Crippen molar-refractivity contribution in [3.8, 4) is 29.3 Å². The normalized spacial score (nSPS) is 19.1. The summed E-state index contributed by atoms with van der Waals surface area (Å²) in [5, 5.41) is 20.4. The van der Waals surface area contributed by atoms with Crippen LogP contribution in [0.25, 0.3) is 22.0 Å². The van der Waals surface area contributed by atoms with Gasteiger partial charge in [0.2, 0.25) is 5.91 Å². The van der Waals surface area contributed by atoms with Gasteiger partial charge in [0.25, 0.3) is 0 Å². The number of amides is 1. The number of likely N-dealkylation sites (N-methyl/N-ethyl adjacent to an activating group) is 1. The van der Waals surface area contributed by atoms with Crippen molar-refractivity contribution in [2.75, 3.05) is 50.5 Å². The highest BCUT2D eigenvalue weighted by Crippen LogP contribution is 2.36. The molecule has 0 spiro atoms. The highest BCUT2D eigenvalue weighted by atomic mass is 16.5. The molecular formula is C31H34N8O2. The number of carbonyl (C=O) groups is 1. The molecule has 2 aliphatic heterocycles. The van der Waals surface area contributed by atoms with E-state index < -0.39 is 0 Å². The zero-order valence-corrected chi connectivity index (χ0v) is 23.5. The van der Waals surface area contributed by atoms with Gasteiger partial charge in [0, 0.05) is 42.3 Å². The number of piperazine rings is 1. The highest BCUT2D eigenvalue weighted by molar-refractivity contribution is 5.96. The number of aromatic nitrogens is 2. The van der Waals surface area contributed by atoms with Crippen molar-refractivity contribution in [2.24, 2.45) is 0 Å². The van der Waals surface area contributed by atoms with Gasteiger partial charge in [-0.15, -0.1) is 0 Å². The fourth-order valence-electron chi connectivity index (χ4n) is 5.79. The lowest BCUT2D eigenvalue weighted by molar-refractivity contribution is -0.128. The number of nitrogen functional groups attached to an aromatic ring is 1. The summed E-state index contributed by atoms with van der Waals surface area (Å²) in [6, 6.07) is 14.1. The molecule has 0 saturated carbocycles. The largest absolute Gasteiger partial charge is 0.462 e. The fourth-order valence-corrected chi connectivity index (χ4v) is 5.79. The number of hydrogen-bond acceptors (Lipinski definition) is 9. The van der Waals surface area contributed by atoms with Crippen molar-refractivity contribution >= 4 is 28.3 Å². The molecule has 2 aliphatic rings. The molecule has 0 unspecified atom stereocenters. The highest BCUT2D eigenvalue weighted by Gasteiger charge is 2.31. The molecule has 1 aromatic heterocycles. The van der Waals surface area contributed by atoms with Crippen LogP contribution in [0.5, 0.6) is 6.01 Å². The van der Waals surface area contributed by atoms with Crippen molar-refractivity contribution < 1.29 is 9.53 Å². The summed E-state index contributed by atoms with van der Waals surface area (Å²) < 4.78 is 6.19. The van der Waals surface area contributed by atoms with Crippen LogP contribution in [-0.4, -0.2) is 77.6 Å². The van der Waals surface area contributed by atoms with E-state index in [-0.39, 0.29) is 30.4 Å². The predicted octanol–water partition coefficient (Wildman–Crippen LogP) is 3.65. The summed E-state index contributed by atoms with van der Waals surface area (Å²) in [7, 11) is 2.09. The maximum Gasteiger partial charge on any atom is 0.319 e. The Hall–Kier alpha value is -4.67. The number of likely N-dealkylation sites (tertiary alicyclic amines) is 1. The van der Waals surface area contributed by atoms with Crippen LogP contribution >= 0.6 is 0 Å². The molecule has 3 heterocycles. The summed E-state index contributed by atoms with van der Waals surface area (Å²) in [5.74, 6) is 0.418. The lowest BCUT2D eigenvalue weighted by atomic mass is 9.94. The van der Waals surface area contributed by atoms with Crippen LogP contribution in [0.3, 0.4) is 0 Å². The van der Waals surface area contributed by atoms with Gasteiger partial charge in [-0.1, -0.05) is 12.6 Å². The molecule has 210 valence electrons. The zero-order valence-electron chi connectivity index (χ0n) is 23.5. The average molecular weight is 551 g/mol. The zero-order chi connectivity index (χ0) is 29.1. The smallest absolute Gasteiger partial charge is 0.319 e. The molecule has 41 heavy (non-hydrogen) atoms. The van der Waals surface area contributed by atoms with E-state index in [1.807, 2.05) is 37.3 Å². The van der Waals surface area contributed by atoms with E-state index in [1.165, 1.54) is 6.08 Å². The molecule has 2 fully saturated rings. The molecule has 0 radical (unpaired) electrons. The molecule has 3 aromatic rings. The summed E-state index contributed by atoms with van der Waals surface area (Å²) >= 11 is 0. The Kier molecular flexibility index (Phi) is 8.04. The molecule has 0 bridgehead atoms.